The van der Waals surface area contributed by atoms with E-state index in [0.717, 1.165) is 24.8 Å². The van der Waals surface area contributed by atoms with Gasteiger partial charge in [0.15, 0.2) is 0 Å². The molecule has 1 saturated heterocycles. The summed E-state index contributed by atoms with van der Waals surface area (Å²) in [6.45, 7) is 6.56. The van der Waals surface area contributed by atoms with E-state index in [4.69, 9.17) is 24.5 Å². The lowest BCUT2D eigenvalue weighted by molar-refractivity contribution is -0.159. The molecule has 1 aliphatic rings. The van der Waals surface area contributed by atoms with Crippen molar-refractivity contribution >= 4 is 11.9 Å². The number of carboxylic acid groups (broad SMARTS) is 2. The highest BCUT2D eigenvalue weighted by Crippen LogP contribution is 2.29. The normalized spacial score (nSPS) is 14.6. The molecule has 3 rings (SSSR count). The molecule has 150 valence electrons. The Morgan fingerprint density at radius 3 is 2.14 bits per heavy atom. The van der Waals surface area contributed by atoms with Gasteiger partial charge in [0.2, 0.25) is 0 Å². The van der Waals surface area contributed by atoms with Crippen molar-refractivity contribution in [3.05, 3.63) is 54.6 Å². The van der Waals surface area contributed by atoms with Crippen LogP contribution < -0.4 is 4.74 Å². The van der Waals surface area contributed by atoms with Crippen LogP contribution in [0.2, 0.25) is 0 Å². The van der Waals surface area contributed by atoms with E-state index in [0.29, 0.717) is 0 Å². The lowest BCUT2D eigenvalue weighted by atomic mass is 9.99. The molecule has 2 aromatic rings. The van der Waals surface area contributed by atoms with E-state index < -0.39 is 11.9 Å². The Morgan fingerprint density at radius 1 is 0.964 bits per heavy atom. The van der Waals surface area contributed by atoms with Crippen molar-refractivity contribution in [2.45, 2.75) is 19.8 Å². The molecule has 0 radical (unpaired) electrons. The fraction of sp³-hybridized carbons (Fsp3) is 0.364. The average molecular weight is 385 g/mol. The van der Waals surface area contributed by atoms with E-state index in [1.165, 1.54) is 37.1 Å². The molecule has 0 saturated carbocycles. The zero-order valence-electron chi connectivity index (χ0n) is 16.1. The molecule has 0 amide bonds. The quantitative estimate of drug-likeness (QED) is 0.765. The van der Waals surface area contributed by atoms with Gasteiger partial charge in [-0.05, 0) is 43.5 Å². The zero-order chi connectivity index (χ0) is 20.4. The van der Waals surface area contributed by atoms with Gasteiger partial charge in [0.05, 0.1) is 0 Å². The van der Waals surface area contributed by atoms with Crippen LogP contribution in [0.4, 0.5) is 0 Å². The first-order chi connectivity index (χ1) is 13.5. The summed E-state index contributed by atoms with van der Waals surface area (Å²) in [6, 6.07) is 18.8. The topological polar surface area (TPSA) is 87.1 Å². The molecule has 0 unspecified atom stereocenters. The standard InChI is InChI=1S/C20H25NO.C2H2O4/c1-17-11-13-21(14-12-17)15-16-22-20-10-6-5-9-19(20)18-7-3-2-4-8-18;3-1(4)2(5)6/h2-10,17H,11-16H2,1H3;(H,3,4)(H,5,6). The Hall–Kier alpha value is -2.86. The molecule has 6 heteroatoms. The number of benzene rings is 2. The van der Waals surface area contributed by atoms with Gasteiger partial charge in [-0.2, -0.15) is 0 Å². The molecule has 28 heavy (non-hydrogen) atoms. The monoisotopic (exact) mass is 385 g/mol. The summed E-state index contributed by atoms with van der Waals surface area (Å²) in [7, 11) is 0. The third-order valence-corrected chi connectivity index (χ3v) is 4.70. The van der Waals surface area contributed by atoms with Gasteiger partial charge in [-0.25, -0.2) is 9.59 Å². The highest BCUT2D eigenvalue weighted by atomic mass is 16.5. The van der Waals surface area contributed by atoms with Crippen LogP contribution in [0.3, 0.4) is 0 Å². The third kappa shape index (κ3) is 7.04. The van der Waals surface area contributed by atoms with Crippen molar-refractivity contribution in [3.63, 3.8) is 0 Å². The summed E-state index contributed by atoms with van der Waals surface area (Å²) >= 11 is 0. The summed E-state index contributed by atoms with van der Waals surface area (Å²) in [5.74, 6) is -1.78. The number of hydrogen-bond acceptors (Lipinski definition) is 4. The first-order valence-electron chi connectivity index (χ1n) is 9.43. The Balaban J connectivity index is 0.000000409. The second kappa shape index (κ2) is 11.1. The maximum atomic E-state index is 9.10. The van der Waals surface area contributed by atoms with Gasteiger partial charge in [0.25, 0.3) is 0 Å². The molecule has 6 nitrogen and oxygen atoms in total. The Bertz CT molecular complexity index is 743. The van der Waals surface area contributed by atoms with Gasteiger partial charge in [0, 0.05) is 12.1 Å². The number of para-hydroxylation sites is 1. The average Bonchev–Trinajstić information content (AvgIpc) is 2.71. The minimum atomic E-state index is -1.82. The number of nitrogens with zero attached hydrogens (tertiary/aromatic N) is 1. The fourth-order valence-electron chi connectivity index (χ4n) is 3.02. The summed E-state index contributed by atoms with van der Waals surface area (Å²) in [6.07, 6.45) is 2.64. The van der Waals surface area contributed by atoms with Gasteiger partial charge in [-0.3, -0.25) is 4.90 Å². The van der Waals surface area contributed by atoms with Gasteiger partial charge in [0.1, 0.15) is 12.4 Å². The van der Waals surface area contributed by atoms with Crippen LogP contribution >= 0.6 is 0 Å². The van der Waals surface area contributed by atoms with Crippen LogP contribution in [-0.4, -0.2) is 53.3 Å². The van der Waals surface area contributed by atoms with Crippen molar-refractivity contribution in [3.8, 4) is 16.9 Å². The van der Waals surface area contributed by atoms with Crippen LogP contribution in [-0.2, 0) is 9.59 Å². The first-order valence-corrected chi connectivity index (χ1v) is 9.43. The van der Waals surface area contributed by atoms with Gasteiger partial charge in [-0.15, -0.1) is 0 Å². The van der Waals surface area contributed by atoms with E-state index in [2.05, 4.69) is 54.3 Å². The largest absolute Gasteiger partial charge is 0.492 e. The molecule has 0 atom stereocenters. The van der Waals surface area contributed by atoms with Gasteiger partial charge >= 0.3 is 11.9 Å². The maximum absolute atomic E-state index is 9.10. The first kappa shape index (κ1) is 21.4. The number of carboxylic acids is 2. The smallest absolute Gasteiger partial charge is 0.414 e. The van der Waals surface area contributed by atoms with Crippen molar-refractivity contribution in [2.24, 2.45) is 5.92 Å². The molecule has 0 bridgehead atoms. The second-order valence-electron chi connectivity index (χ2n) is 6.85. The SMILES string of the molecule is CC1CCN(CCOc2ccccc2-c2ccccc2)CC1.O=C(O)C(=O)O. The second-order valence-corrected chi connectivity index (χ2v) is 6.85. The number of hydrogen-bond donors (Lipinski definition) is 2. The lowest BCUT2D eigenvalue weighted by Crippen LogP contribution is -2.35. The van der Waals surface area contributed by atoms with Gasteiger partial charge < -0.3 is 14.9 Å². The summed E-state index contributed by atoms with van der Waals surface area (Å²) < 4.78 is 6.08. The van der Waals surface area contributed by atoms with Gasteiger partial charge in [-0.1, -0.05) is 55.5 Å². The highest BCUT2D eigenvalue weighted by Gasteiger charge is 2.15. The van der Waals surface area contributed by atoms with Crippen LogP contribution in [0.15, 0.2) is 54.6 Å². The van der Waals surface area contributed by atoms with Crippen LogP contribution in [0.5, 0.6) is 5.75 Å². The number of ether oxygens (including phenoxy) is 1. The number of aliphatic carboxylic acids is 2. The summed E-state index contributed by atoms with van der Waals surface area (Å²) in [4.78, 5) is 20.7. The van der Waals surface area contributed by atoms with Crippen LogP contribution in [0.1, 0.15) is 19.8 Å². The van der Waals surface area contributed by atoms with Crippen molar-refractivity contribution in [2.75, 3.05) is 26.2 Å². The predicted molar refractivity (Wildman–Crippen MR) is 107 cm³/mol. The van der Waals surface area contributed by atoms with E-state index >= 15 is 0 Å². The molecule has 1 heterocycles. The molecule has 2 N–H and O–H groups in total. The van der Waals surface area contributed by atoms with Crippen molar-refractivity contribution in [1.29, 1.82) is 0 Å². The molecule has 0 aliphatic carbocycles. The fourth-order valence-corrected chi connectivity index (χ4v) is 3.02. The lowest BCUT2D eigenvalue weighted by Gasteiger charge is -2.30. The Morgan fingerprint density at radius 2 is 1.54 bits per heavy atom. The highest BCUT2D eigenvalue weighted by molar-refractivity contribution is 6.27. The van der Waals surface area contributed by atoms with Crippen molar-refractivity contribution < 1.29 is 24.5 Å². The van der Waals surface area contributed by atoms with Crippen molar-refractivity contribution in [1.82, 2.24) is 4.90 Å². The number of rotatable bonds is 5. The molecule has 1 fully saturated rings. The van der Waals surface area contributed by atoms with E-state index in [1.807, 2.05) is 12.1 Å². The maximum Gasteiger partial charge on any atom is 0.414 e. The molecule has 2 aromatic carbocycles. The van der Waals surface area contributed by atoms with E-state index in [9.17, 15) is 0 Å². The van der Waals surface area contributed by atoms with E-state index in [1.54, 1.807) is 0 Å². The molecule has 1 aliphatic heterocycles. The minimum absolute atomic E-state index is 0.762. The predicted octanol–water partition coefficient (Wildman–Crippen LogP) is 3.62. The van der Waals surface area contributed by atoms with E-state index in [-0.39, 0.29) is 0 Å². The Kier molecular flexibility index (Phi) is 8.49. The summed E-state index contributed by atoms with van der Waals surface area (Å²) in [5.41, 5.74) is 2.39. The van der Waals surface area contributed by atoms with Crippen LogP contribution in [0.25, 0.3) is 11.1 Å². The molecular formula is C22H27NO5. The third-order valence-electron chi connectivity index (χ3n) is 4.70. The Labute approximate surface area is 165 Å². The number of likely N-dealkylation sites (tertiary alicyclic amines) is 1. The molecule has 0 aromatic heterocycles. The zero-order valence-corrected chi connectivity index (χ0v) is 16.1. The summed E-state index contributed by atoms with van der Waals surface area (Å²) in [5, 5.41) is 14.8. The molecule has 0 spiro atoms. The van der Waals surface area contributed by atoms with Crippen LogP contribution in [0, 0.1) is 5.92 Å². The number of carbonyl (C=O) groups is 2. The minimum Gasteiger partial charge on any atom is -0.492 e. The molecular weight excluding hydrogens is 358 g/mol. The number of piperidine rings is 1.